The second kappa shape index (κ2) is 8.46. The van der Waals surface area contributed by atoms with Crippen molar-refractivity contribution in [1.29, 1.82) is 0 Å². The summed E-state index contributed by atoms with van der Waals surface area (Å²) in [6.45, 7) is 1.80. The zero-order valence-electron chi connectivity index (χ0n) is 16.4. The Hall–Kier alpha value is -3.52. The van der Waals surface area contributed by atoms with Gasteiger partial charge >= 0.3 is 0 Å². The van der Waals surface area contributed by atoms with E-state index >= 15 is 0 Å². The largest absolute Gasteiger partial charge is 0.346 e. The number of nitro groups is 1. The Balaban J connectivity index is 1.79. The van der Waals surface area contributed by atoms with Crippen molar-refractivity contribution in [2.45, 2.75) is 17.9 Å². The summed E-state index contributed by atoms with van der Waals surface area (Å²) in [6.07, 6.45) is 0.885. The molecule has 3 aromatic rings. The summed E-state index contributed by atoms with van der Waals surface area (Å²) < 4.78 is 23.5. The van der Waals surface area contributed by atoms with Crippen molar-refractivity contribution >= 4 is 21.4 Å². The Morgan fingerprint density at radius 1 is 0.967 bits per heavy atom. The number of sulfone groups is 1. The minimum Gasteiger partial charge on any atom is -0.346 e. The lowest BCUT2D eigenvalue weighted by atomic mass is 10.0. The van der Waals surface area contributed by atoms with Gasteiger partial charge in [-0.2, -0.15) is 0 Å². The number of nitrogens with one attached hydrogen (secondary N) is 1. The fourth-order valence-electron chi connectivity index (χ4n) is 3.07. The monoisotopic (exact) mass is 424 g/mol. The van der Waals surface area contributed by atoms with E-state index in [1.807, 2.05) is 54.6 Å². The molecule has 0 aliphatic heterocycles. The smallest absolute Gasteiger partial charge is 0.288 e. The maximum Gasteiger partial charge on any atom is 0.288 e. The highest BCUT2D eigenvalue weighted by molar-refractivity contribution is 7.90. The lowest BCUT2D eigenvalue weighted by Crippen LogP contribution is -2.26. The van der Waals surface area contributed by atoms with Crippen LogP contribution in [0.15, 0.2) is 77.7 Å². The summed E-state index contributed by atoms with van der Waals surface area (Å²) in [6, 6.07) is 20.6. The molecule has 0 aromatic heterocycles. The van der Waals surface area contributed by atoms with Gasteiger partial charge in [0.05, 0.1) is 11.0 Å². The predicted molar refractivity (Wildman–Crippen MR) is 114 cm³/mol. The molecule has 0 saturated heterocycles. The molecule has 30 heavy (non-hydrogen) atoms. The molecular weight excluding hydrogens is 404 g/mol. The Labute approximate surface area is 174 Å². The van der Waals surface area contributed by atoms with Crippen molar-refractivity contribution < 1.29 is 18.1 Å². The molecule has 3 rings (SSSR count). The molecule has 0 bridgehead atoms. The van der Waals surface area contributed by atoms with Crippen molar-refractivity contribution in [1.82, 2.24) is 5.32 Å². The molecule has 1 N–H and O–H groups in total. The van der Waals surface area contributed by atoms with Crippen molar-refractivity contribution in [3.05, 3.63) is 94.0 Å². The first kappa shape index (κ1) is 21.2. The highest BCUT2D eigenvalue weighted by Gasteiger charge is 2.24. The van der Waals surface area contributed by atoms with Crippen molar-refractivity contribution in [2.24, 2.45) is 0 Å². The molecule has 8 heteroatoms. The average Bonchev–Trinajstić information content (AvgIpc) is 2.73. The van der Waals surface area contributed by atoms with E-state index in [0.717, 1.165) is 35.1 Å². The number of carbonyl (C=O) groups excluding carboxylic acids is 1. The Morgan fingerprint density at radius 2 is 1.57 bits per heavy atom. The van der Waals surface area contributed by atoms with Gasteiger partial charge in [-0.25, -0.2) is 8.42 Å². The van der Waals surface area contributed by atoms with Crippen LogP contribution in [0.3, 0.4) is 0 Å². The second-order valence-corrected chi connectivity index (χ2v) is 8.88. The lowest BCUT2D eigenvalue weighted by molar-refractivity contribution is -0.387. The van der Waals surface area contributed by atoms with E-state index < -0.39 is 31.3 Å². The molecule has 0 heterocycles. The van der Waals surface area contributed by atoms with Gasteiger partial charge < -0.3 is 5.32 Å². The van der Waals surface area contributed by atoms with Crippen LogP contribution in [-0.2, 0) is 9.84 Å². The first-order valence-corrected chi connectivity index (χ1v) is 11.0. The second-order valence-electron chi connectivity index (χ2n) is 6.89. The van der Waals surface area contributed by atoms with Gasteiger partial charge in [-0.05, 0) is 35.7 Å². The quantitative estimate of drug-likeness (QED) is 0.472. The molecular formula is C22H20N2O5S. The Bertz CT molecular complexity index is 1190. The van der Waals surface area contributed by atoms with E-state index in [4.69, 9.17) is 0 Å². The van der Waals surface area contributed by atoms with Crippen LogP contribution in [0.2, 0.25) is 0 Å². The van der Waals surface area contributed by atoms with Crippen LogP contribution in [0.25, 0.3) is 11.1 Å². The number of nitro benzene ring substituents is 1. The average molecular weight is 424 g/mol. The zero-order chi connectivity index (χ0) is 21.9. The maximum absolute atomic E-state index is 12.6. The molecule has 7 nitrogen and oxygen atoms in total. The van der Waals surface area contributed by atoms with Gasteiger partial charge in [-0.1, -0.05) is 54.6 Å². The van der Waals surface area contributed by atoms with Crippen molar-refractivity contribution in [2.75, 3.05) is 6.26 Å². The molecule has 154 valence electrons. The summed E-state index contributed by atoms with van der Waals surface area (Å²) in [7, 11) is -3.79. The SMILES string of the molecule is CC(NC(=O)c1ccc(S(C)(=O)=O)c([N+](=O)[O-])c1)c1ccc(-c2ccccc2)cc1. The van der Waals surface area contributed by atoms with E-state index in [-0.39, 0.29) is 11.6 Å². The minimum absolute atomic E-state index is 0.0156. The number of benzene rings is 3. The molecule has 0 saturated carbocycles. The third kappa shape index (κ3) is 4.72. The van der Waals surface area contributed by atoms with Crippen LogP contribution < -0.4 is 5.32 Å². The summed E-state index contributed by atoms with van der Waals surface area (Å²) in [5.74, 6) is -0.530. The zero-order valence-corrected chi connectivity index (χ0v) is 17.2. The molecule has 0 fully saturated rings. The van der Waals surface area contributed by atoms with Crippen LogP contribution in [0.5, 0.6) is 0 Å². The lowest BCUT2D eigenvalue weighted by Gasteiger charge is -2.15. The van der Waals surface area contributed by atoms with Gasteiger partial charge in [0.25, 0.3) is 11.6 Å². The summed E-state index contributed by atoms with van der Waals surface area (Å²) in [4.78, 5) is 22.6. The molecule has 0 aliphatic carbocycles. The molecule has 1 unspecified atom stereocenters. The number of rotatable bonds is 6. The van der Waals surface area contributed by atoms with Gasteiger partial charge in [0.15, 0.2) is 9.84 Å². The minimum atomic E-state index is -3.79. The van der Waals surface area contributed by atoms with E-state index in [1.165, 1.54) is 6.07 Å². The van der Waals surface area contributed by atoms with Crippen LogP contribution in [0.1, 0.15) is 28.9 Å². The van der Waals surface area contributed by atoms with Gasteiger partial charge in [0.2, 0.25) is 0 Å². The van der Waals surface area contributed by atoms with E-state index in [0.29, 0.717) is 0 Å². The standard InChI is InChI=1S/C22H20N2O5S/c1-15(16-8-10-18(11-9-16)17-6-4-3-5-7-17)23-22(25)19-12-13-21(30(2,28)29)20(14-19)24(26)27/h3-15H,1-2H3,(H,23,25). The number of carbonyl (C=O) groups is 1. The van der Waals surface area contributed by atoms with Gasteiger partial charge in [0, 0.05) is 17.9 Å². The van der Waals surface area contributed by atoms with Gasteiger partial charge in [-0.3, -0.25) is 14.9 Å². The fourth-order valence-corrected chi connectivity index (χ4v) is 3.90. The fraction of sp³-hybridized carbons (Fsp3) is 0.136. The van der Waals surface area contributed by atoms with Crippen LogP contribution in [0.4, 0.5) is 5.69 Å². The Morgan fingerprint density at radius 3 is 2.13 bits per heavy atom. The first-order valence-electron chi connectivity index (χ1n) is 9.11. The molecule has 0 aliphatic rings. The molecule has 1 atom stereocenters. The maximum atomic E-state index is 12.6. The highest BCUT2D eigenvalue weighted by Crippen LogP contribution is 2.26. The summed E-state index contributed by atoms with van der Waals surface area (Å²) >= 11 is 0. The third-order valence-electron chi connectivity index (χ3n) is 4.68. The molecule has 0 spiro atoms. The topological polar surface area (TPSA) is 106 Å². The van der Waals surface area contributed by atoms with Crippen LogP contribution in [0, 0.1) is 10.1 Å². The molecule has 1 amide bonds. The highest BCUT2D eigenvalue weighted by atomic mass is 32.2. The van der Waals surface area contributed by atoms with E-state index in [1.54, 1.807) is 6.92 Å². The first-order chi connectivity index (χ1) is 14.2. The number of amides is 1. The predicted octanol–water partition coefficient (Wildman–Crippen LogP) is 4.16. The normalized spacial score (nSPS) is 12.2. The van der Waals surface area contributed by atoms with Crippen LogP contribution >= 0.6 is 0 Å². The van der Waals surface area contributed by atoms with Crippen molar-refractivity contribution in [3.63, 3.8) is 0 Å². The van der Waals surface area contributed by atoms with E-state index in [2.05, 4.69) is 5.32 Å². The Kier molecular flexibility index (Phi) is 5.98. The number of hydrogen-bond acceptors (Lipinski definition) is 5. The summed E-state index contributed by atoms with van der Waals surface area (Å²) in [5.41, 5.74) is 2.39. The van der Waals surface area contributed by atoms with Crippen molar-refractivity contribution in [3.8, 4) is 11.1 Å². The van der Waals surface area contributed by atoms with Gasteiger partial charge in [-0.15, -0.1) is 0 Å². The van der Waals surface area contributed by atoms with E-state index in [9.17, 15) is 23.3 Å². The summed E-state index contributed by atoms with van der Waals surface area (Å²) in [5, 5.41) is 14.0. The molecule has 3 aromatic carbocycles. The van der Waals surface area contributed by atoms with Gasteiger partial charge in [0.1, 0.15) is 4.90 Å². The van der Waals surface area contributed by atoms with Crippen LogP contribution in [-0.4, -0.2) is 25.5 Å². The number of nitrogens with zero attached hydrogens (tertiary/aromatic N) is 1. The third-order valence-corrected chi connectivity index (χ3v) is 5.83. The molecule has 0 radical (unpaired) electrons. The number of hydrogen-bond donors (Lipinski definition) is 1.